The number of para-hydroxylation sites is 3. The quantitative estimate of drug-likeness (QED) is 0.658. The molecule has 1 N–H and O–H groups in total. The first-order valence-corrected chi connectivity index (χ1v) is 8.95. The summed E-state index contributed by atoms with van der Waals surface area (Å²) in [6.07, 6.45) is -0.358. The molecular formula is C21H17NO7. The lowest BCUT2D eigenvalue weighted by atomic mass is 10.2. The molecule has 148 valence electrons. The monoisotopic (exact) mass is 395 g/mol. The van der Waals surface area contributed by atoms with Crippen molar-refractivity contribution in [3.63, 3.8) is 0 Å². The lowest BCUT2D eigenvalue weighted by molar-refractivity contribution is -0.124. The average Bonchev–Trinajstić information content (AvgIpc) is 2.75. The van der Waals surface area contributed by atoms with Gasteiger partial charge in [0.05, 0.1) is 11.9 Å². The maximum atomic E-state index is 12.1. The zero-order valence-corrected chi connectivity index (χ0v) is 15.3. The maximum absolute atomic E-state index is 12.1. The Balaban J connectivity index is 1.29. The van der Waals surface area contributed by atoms with E-state index in [2.05, 4.69) is 5.32 Å². The molecule has 1 atom stereocenters. The van der Waals surface area contributed by atoms with Gasteiger partial charge in [0, 0.05) is 6.07 Å². The summed E-state index contributed by atoms with van der Waals surface area (Å²) >= 11 is 0. The van der Waals surface area contributed by atoms with Crippen LogP contribution in [0.15, 0.2) is 63.8 Å². The van der Waals surface area contributed by atoms with Gasteiger partial charge in [0.2, 0.25) is 5.76 Å². The van der Waals surface area contributed by atoms with Crippen molar-refractivity contribution in [2.24, 2.45) is 0 Å². The van der Waals surface area contributed by atoms with E-state index in [1.165, 1.54) is 0 Å². The van der Waals surface area contributed by atoms with Crippen molar-refractivity contribution in [1.82, 2.24) is 5.32 Å². The Labute approximate surface area is 165 Å². The Hall–Kier alpha value is -3.81. The molecule has 1 aromatic heterocycles. The molecule has 0 bridgehead atoms. The number of carbonyl (C=O) groups excluding carboxylic acids is 2. The summed E-state index contributed by atoms with van der Waals surface area (Å²) in [5.41, 5.74) is -0.0934. The average molecular weight is 395 g/mol. The fourth-order valence-electron chi connectivity index (χ4n) is 2.85. The molecule has 0 spiro atoms. The minimum absolute atomic E-state index is 0.190. The highest BCUT2D eigenvalue weighted by molar-refractivity contribution is 5.90. The van der Waals surface area contributed by atoms with Crippen LogP contribution in [0.3, 0.4) is 0 Å². The highest BCUT2D eigenvalue weighted by atomic mass is 16.6. The summed E-state index contributed by atoms with van der Waals surface area (Å²) in [5.74, 6) is -0.406. The number of rotatable bonds is 5. The fourth-order valence-corrected chi connectivity index (χ4v) is 2.85. The predicted octanol–water partition coefficient (Wildman–Crippen LogP) is 1.91. The molecule has 0 saturated carbocycles. The molecular weight excluding hydrogens is 378 g/mol. The molecule has 3 aromatic rings. The van der Waals surface area contributed by atoms with Crippen LogP contribution in [-0.2, 0) is 9.53 Å². The van der Waals surface area contributed by atoms with E-state index in [9.17, 15) is 14.4 Å². The maximum Gasteiger partial charge on any atom is 0.374 e. The van der Waals surface area contributed by atoms with Crippen LogP contribution in [0.1, 0.15) is 10.6 Å². The number of hydrogen-bond acceptors (Lipinski definition) is 7. The first kappa shape index (κ1) is 18.5. The van der Waals surface area contributed by atoms with Gasteiger partial charge in [0.25, 0.3) is 5.91 Å². The van der Waals surface area contributed by atoms with Crippen LogP contribution >= 0.6 is 0 Å². The Morgan fingerprint density at radius 2 is 1.83 bits per heavy atom. The summed E-state index contributed by atoms with van der Waals surface area (Å²) in [7, 11) is 0. The molecule has 4 rings (SSSR count). The Kier molecular flexibility index (Phi) is 5.15. The molecule has 2 aromatic carbocycles. The highest BCUT2D eigenvalue weighted by Crippen LogP contribution is 2.30. The number of ether oxygens (including phenoxy) is 3. The van der Waals surface area contributed by atoms with E-state index in [4.69, 9.17) is 18.6 Å². The number of esters is 1. The second-order valence-electron chi connectivity index (χ2n) is 6.35. The van der Waals surface area contributed by atoms with E-state index in [0.717, 1.165) is 6.07 Å². The molecule has 8 nitrogen and oxygen atoms in total. The smallest absolute Gasteiger partial charge is 0.374 e. The van der Waals surface area contributed by atoms with E-state index in [0.29, 0.717) is 23.5 Å². The molecule has 0 saturated heterocycles. The third kappa shape index (κ3) is 4.21. The van der Waals surface area contributed by atoms with Gasteiger partial charge in [-0.05, 0) is 24.3 Å². The van der Waals surface area contributed by atoms with Gasteiger partial charge in [0.1, 0.15) is 18.3 Å². The molecule has 1 aliphatic heterocycles. The number of nitrogens with one attached hydrogen (secondary N) is 1. The van der Waals surface area contributed by atoms with Crippen molar-refractivity contribution in [2.45, 2.75) is 6.10 Å². The first-order chi connectivity index (χ1) is 14.1. The summed E-state index contributed by atoms with van der Waals surface area (Å²) in [5, 5.41) is 2.98. The van der Waals surface area contributed by atoms with Gasteiger partial charge in [-0.3, -0.25) is 9.59 Å². The van der Waals surface area contributed by atoms with Crippen LogP contribution in [0.2, 0.25) is 0 Å². The van der Waals surface area contributed by atoms with Crippen LogP contribution in [-0.4, -0.2) is 37.7 Å². The van der Waals surface area contributed by atoms with Gasteiger partial charge in [-0.15, -0.1) is 0 Å². The molecule has 0 aliphatic carbocycles. The number of amides is 1. The number of benzene rings is 2. The normalized spacial score (nSPS) is 15.0. The molecule has 0 radical (unpaired) electrons. The zero-order valence-electron chi connectivity index (χ0n) is 15.3. The minimum atomic E-state index is -0.894. The standard InChI is InChI=1S/C21H17NO7/c23-15-9-19(29-16-6-2-1-5-14(15)16)21(25)27-12-20(24)22-10-13-11-26-17-7-3-4-8-18(17)28-13/h1-9,13H,10-12H2,(H,22,24)/t13-/m1/s1. The molecule has 8 heteroatoms. The lowest BCUT2D eigenvalue weighted by Crippen LogP contribution is -2.42. The van der Waals surface area contributed by atoms with Gasteiger partial charge in [-0.2, -0.15) is 0 Å². The van der Waals surface area contributed by atoms with E-state index < -0.39 is 18.5 Å². The van der Waals surface area contributed by atoms with Crippen molar-refractivity contribution in [1.29, 1.82) is 0 Å². The SMILES string of the molecule is O=C(COC(=O)c1cc(=O)c2ccccc2o1)NC[C@@H]1COc2ccccc2O1. The molecule has 2 heterocycles. The Morgan fingerprint density at radius 1 is 1.07 bits per heavy atom. The largest absolute Gasteiger partial charge is 0.486 e. The Bertz CT molecular complexity index is 1120. The van der Waals surface area contributed by atoms with Crippen LogP contribution < -0.4 is 20.2 Å². The minimum Gasteiger partial charge on any atom is -0.486 e. The van der Waals surface area contributed by atoms with Crippen LogP contribution in [0.5, 0.6) is 11.5 Å². The third-order valence-electron chi connectivity index (χ3n) is 4.26. The third-order valence-corrected chi connectivity index (χ3v) is 4.26. The van der Waals surface area contributed by atoms with Gasteiger partial charge in [-0.25, -0.2) is 4.79 Å². The first-order valence-electron chi connectivity index (χ1n) is 8.95. The molecule has 0 fully saturated rings. The van der Waals surface area contributed by atoms with Crippen molar-refractivity contribution < 1.29 is 28.2 Å². The van der Waals surface area contributed by atoms with Crippen LogP contribution in [0.4, 0.5) is 0 Å². The summed E-state index contributed by atoms with van der Waals surface area (Å²) in [6, 6.07) is 14.8. The Morgan fingerprint density at radius 3 is 2.69 bits per heavy atom. The molecule has 1 amide bonds. The van der Waals surface area contributed by atoms with Crippen LogP contribution in [0, 0.1) is 0 Å². The highest BCUT2D eigenvalue weighted by Gasteiger charge is 2.21. The zero-order chi connectivity index (χ0) is 20.2. The number of hydrogen-bond donors (Lipinski definition) is 1. The molecule has 0 unspecified atom stereocenters. The van der Waals surface area contributed by atoms with E-state index >= 15 is 0 Å². The van der Waals surface area contributed by atoms with Crippen LogP contribution in [0.25, 0.3) is 11.0 Å². The van der Waals surface area contributed by atoms with Gasteiger partial charge >= 0.3 is 5.97 Å². The second kappa shape index (κ2) is 8.05. The topological polar surface area (TPSA) is 104 Å². The van der Waals surface area contributed by atoms with Crippen molar-refractivity contribution in [2.75, 3.05) is 19.8 Å². The van der Waals surface area contributed by atoms with Crippen molar-refractivity contribution in [3.8, 4) is 11.5 Å². The summed E-state index contributed by atoms with van der Waals surface area (Å²) < 4.78 is 21.6. The van der Waals surface area contributed by atoms with Crippen molar-refractivity contribution >= 4 is 22.8 Å². The van der Waals surface area contributed by atoms with Gasteiger partial charge in [0.15, 0.2) is 23.5 Å². The van der Waals surface area contributed by atoms with E-state index in [1.807, 2.05) is 12.1 Å². The second-order valence-corrected chi connectivity index (χ2v) is 6.35. The summed E-state index contributed by atoms with van der Waals surface area (Å²) in [6.45, 7) is -0.0331. The fraction of sp³-hybridized carbons (Fsp3) is 0.190. The molecule has 1 aliphatic rings. The van der Waals surface area contributed by atoms with E-state index in [-0.39, 0.29) is 29.4 Å². The molecule has 29 heavy (non-hydrogen) atoms. The summed E-state index contributed by atoms with van der Waals surface area (Å²) in [4.78, 5) is 36.1. The number of carbonyl (C=O) groups is 2. The van der Waals surface area contributed by atoms with Gasteiger partial charge < -0.3 is 23.9 Å². The van der Waals surface area contributed by atoms with Crippen molar-refractivity contribution in [3.05, 3.63) is 70.6 Å². The van der Waals surface area contributed by atoms with E-state index in [1.54, 1.807) is 36.4 Å². The lowest BCUT2D eigenvalue weighted by Gasteiger charge is -2.26. The number of fused-ring (bicyclic) bond motifs is 2. The predicted molar refractivity (Wildman–Crippen MR) is 102 cm³/mol. The van der Waals surface area contributed by atoms with Gasteiger partial charge in [-0.1, -0.05) is 24.3 Å².